The van der Waals surface area contributed by atoms with E-state index in [0.29, 0.717) is 44.0 Å². The SMILES string of the molecule is CC(C)(Oc1ccc(C#N)cc1)C(O)CN1CCN(c2cc(=O)n(C3CCCCC3)c(=O)n2C2CCCCC2)CC1. The molecule has 222 valence electrons. The van der Waals surface area contributed by atoms with Gasteiger partial charge in [0.15, 0.2) is 0 Å². The first kappa shape index (κ1) is 29.4. The van der Waals surface area contributed by atoms with Crippen molar-refractivity contribution in [3.8, 4) is 11.8 Å². The molecule has 1 aliphatic heterocycles. The molecule has 0 radical (unpaired) electrons. The number of aromatic nitrogens is 2. The smallest absolute Gasteiger partial charge is 0.333 e. The Morgan fingerprint density at radius 3 is 2.02 bits per heavy atom. The van der Waals surface area contributed by atoms with Crippen molar-refractivity contribution in [1.29, 1.82) is 5.26 Å². The van der Waals surface area contributed by atoms with Crippen molar-refractivity contribution in [2.24, 2.45) is 0 Å². The highest BCUT2D eigenvalue weighted by atomic mass is 16.5. The van der Waals surface area contributed by atoms with Crippen LogP contribution in [-0.4, -0.2) is 63.6 Å². The molecule has 1 atom stereocenters. The van der Waals surface area contributed by atoms with Crippen LogP contribution in [0.5, 0.6) is 5.75 Å². The summed E-state index contributed by atoms with van der Waals surface area (Å²) in [5.41, 5.74) is -0.542. The topological polar surface area (TPSA) is 104 Å². The second-order valence-electron chi connectivity index (χ2n) is 12.6. The second kappa shape index (κ2) is 12.8. The number of anilines is 1. The van der Waals surface area contributed by atoms with E-state index in [9.17, 15) is 14.7 Å². The van der Waals surface area contributed by atoms with Gasteiger partial charge in [0.05, 0.1) is 11.6 Å². The van der Waals surface area contributed by atoms with Gasteiger partial charge in [0.1, 0.15) is 23.3 Å². The van der Waals surface area contributed by atoms with E-state index in [-0.39, 0.29) is 23.3 Å². The molecule has 1 aromatic heterocycles. The average Bonchev–Trinajstić information content (AvgIpc) is 2.98. The highest BCUT2D eigenvalue weighted by Gasteiger charge is 2.34. The first-order valence-electron chi connectivity index (χ1n) is 15.5. The largest absolute Gasteiger partial charge is 0.485 e. The Bertz CT molecular complexity index is 1320. The summed E-state index contributed by atoms with van der Waals surface area (Å²) in [7, 11) is 0. The standard InChI is InChI=1S/C32H45N5O4/c1-32(2,41-27-15-13-24(22-33)14-16-27)28(38)23-34-17-19-35(20-18-34)29-21-30(39)37(26-11-7-4-8-12-26)31(40)36(29)25-9-5-3-6-10-25/h13-16,21,25-26,28,38H,3-12,17-20,23H2,1-2H3. The summed E-state index contributed by atoms with van der Waals surface area (Å²) in [6.45, 7) is 7.00. The maximum absolute atomic E-state index is 14.0. The highest BCUT2D eigenvalue weighted by molar-refractivity contribution is 5.40. The van der Waals surface area contributed by atoms with Crippen LogP contribution in [0.25, 0.3) is 0 Å². The minimum atomic E-state index is -0.823. The Hall–Kier alpha value is -3.09. The van der Waals surface area contributed by atoms with Crippen LogP contribution >= 0.6 is 0 Å². The van der Waals surface area contributed by atoms with Gasteiger partial charge in [-0.15, -0.1) is 0 Å². The van der Waals surface area contributed by atoms with Crippen molar-refractivity contribution < 1.29 is 9.84 Å². The van der Waals surface area contributed by atoms with Crippen molar-refractivity contribution in [2.75, 3.05) is 37.6 Å². The lowest BCUT2D eigenvalue weighted by atomic mass is 9.94. The molecule has 5 rings (SSSR count). The van der Waals surface area contributed by atoms with Gasteiger partial charge in [-0.2, -0.15) is 5.26 Å². The Morgan fingerprint density at radius 1 is 0.902 bits per heavy atom. The van der Waals surface area contributed by atoms with Crippen LogP contribution in [0.15, 0.2) is 39.9 Å². The van der Waals surface area contributed by atoms with Crippen molar-refractivity contribution in [2.45, 2.75) is 102 Å². The van der Waals surface area contributed by atoms with E-state index in [1.54, 1.807) is 34.9 Å². The minimum absolute atomic E-state index is 0.0147. The summed E-state index contributed by atoms with van der Waals surface area (Å²) in [6.07, 6.45) is 9.81. The molecule has 2 aliphatic carbocycles. The van der Waals surface area contributed by atoms with Crippen molar-refractivity contribution in [3.05, 3.63) is 56.7 Å². The lowest BCUT2D eigenvalue weighted by molar-refractivity contribution is -0.0449. The summed E-state index contributed by atoms with van der Waals surface area (Å²) in [5.74, 6) is 1.38. The molecule has 9 nitrogen and oxygen atoms in total. The van der Waals surface area contributed by atoms with E-state index in [1.807, 2.05) is 18.4 Å². The molecule has 1 unspecified atom stereocenters. The minimum Gasteiger partial charge on any atom is -0.485 e. The number of β-amino-alcohol motifs (C(OH)–C–C–N with tert-alkyl or cyclic N) is 1. The third-order valence-corrected chi connectivity index (χ3v) is 9.32. The third kappa shape index (κ3) is 6.70. The number of aliphatic hydroxyl groups is 1. The molecule has 1 aromatic carbocycles. The lowest BCUT2D eigenvalue weighted by Gasteiger charge is -2.41. The van der Waals surface area contributed by atoms with E-state index in [2.05, 4.69) is 15.9 Å². The number of benzene rings is 1. The number of ether oxygens (including phenoxy) is 1. The molecular weight excluding hydrogens is 518 g/mol. The first-order valence-corrected chi connectivity index (χ1v) is 15.5. The summed E-state index contributed by atoms with van der Waals surface area (Å²) in [6, 6.07) is 10.9. The van der Waals surface area contributed by atoms with Crippen LogP contribution < -0.4 is 20.9 Å². The zero-order valence-electron chi connectivity index (χ0n) is 24.6. The molecule has 0 amide bonds. The van der Waals surface area contributed by atoms with E-state index < -0.39 is 11.7 Å². The Labute approximate surface area is 243 Å². The maximum Gasteiger partial charge on any atom is 0.333 e. The average molecular weight is 564 g/mol. The fourth-order valence-corrected chi connectivity index (χ4v) is 6.75. The first-order chi connectivity index (χ1) is 19.8. The van der Waals surface area contributed by atoms with E-state index in [1.165, 1.54) is 12.8 Å². The van der Waals surface area contributed by atoms with Crippen molar-refractivity contribution in [3.63, 3.8) is 0 Å². The Balaban J connectivity index is 1.28. The van der Waals surface area contributed by atoms with Gasteiger partial charge in [-0.1, -0.05) is 38.5 Å². The van der Waals surface area contributed by atoms with Crippen LogP contribution in [0.4, 0.5) is 5.82 Å². The van der Waals surface area contributed by atoms with Gasteiger partial charge in [-0.25, -0.2) is 4.79 Å². The monoisotopic (exact) mass is 563 g/mol. The third-order valence-electron chi connectivity index (χ3n) is 9.32. The predicted octanol–water partition coefficient (Wildman–Crippen LogP) is 4.23. The van der Waals surface area contributed by atoms with E-state index in [4.69, 9.17) is 10.00 Å². The van der Waals surface area contributed by atoms with E-state index in [0.717, 1.165) is 57.2 Å². The summed E-state index contributed by atoms with van der Waals surface area (Å²) in [4.78, 5) is 31.8. The van der Waals surface area contributed by atoms with Crippen LogP contribution in [-0.2, 0) is 0 Å². The van der Waals surface area contributed by atoms with Gasteiger partial charge in [0.25, 0.3) is 5.56 Å². The summed E-state index contributed by atoms with van der Waals surface area (Å²) in [5, 5.41) is 20.1. The number of nitriles is 1. The molecule has 0 bridgehead atoms. The zero-order valence-corrected chi connectivity index (χ0v) is 24.6. The fourth-order valence-electron chi connectivity index (χ4n) is 6.75. The molecule has 1 saturated heterocycles. The molecule has 2 saturated carbocycles. The Kier molecular flexibility index (Phi) is 9.20. The number of aliphatic hydroxyl groups excluding tert-OH is 1. The molecule has 1 N–H and O–H groups in total. The fraction of sp³-hybridized carbons (Fsp3) is 0.656. The van der Waals surface area contributed by atoms with Gasteiger partial charge in [0, 0.05) is 50.9 Å². The summed E-state index contributed by atoms with van der Waals surface area (Å²) >= 11 is 0. The number of rotatable bonds is 8. The van der Waals surface area contributed by atoms with Crippen LogP contribution in [0, 0.1) is 11.3 Å². The number of nitrogens with zero attached hydrogens (tertiary/aromatic N) is 5. The van der Waals surface area contributed by atoms with E-state index >= 15 is 0 Å². The van der Waals surface area contributed by atoms with Crippen molar-refractivity contribution in [1.82, 2.24) is 14.0 Å². The molecule has 2 aromatic rings. The quantitative estimate of drug-likeness (QED) is 0.513. The zero-order chi connectivity index (χ0) is 29.0. The van der Waals surface area contributed by atoms with Crippen LogP contribution in [0.2, 0.25) is 0 Å². The molecular formula is C32H45N5O4. The molecule has 2 heterocycles. The Morgan fingerprint density at radius 2 is 1.46 bits per heavy atom. The molecule has 3 fully saturated rings. The molecule has 41 heavy (non-hydrogen) atoms. The van der Waals surface area contributed by atoms with Gasteiger partial charge in [-0.3, -0.25) is 18.8 Å². The molecule has 0 spiro atoms. The predicted molar refractivity (Wildman–Crippen MR) is 160 cm³/mol. The number of piperazine rings is 1. The second-order valence-corrected chi connectivity index (χ2v) is 12.6. The number of hydrogen-bond donors (Lipinski definition) is 1. The number of hydrogen-bond acceptors (Lipinski definition) is 7. The van der Waals surface area contributed by atoms with Gasteiger partial charge in [0.2, 0.25) is 0 Å². The molecule has 9 heteroatoms. The van der Waals surface area contributed by atoms with Gasteiger partial charge < -0.3 is 14.7 Å². The van der Waals surface area contributed by atoms with Crippen molar-refractivity contribution >= 4 is 5.82 Å². The van der Waals surface area contributed by atoms with Crippen LogP contribution in [0.1, 0.15) is 95.7 Å². The maximum atomic E-state index is 14.0. The van der Waals surface area contributed by atoms with Gasteiger partial charge >= 0.3 is 5.69 Å². The molecule has 3 aliphatic rings. The normalized spacial score (nSPS) is 20.5. The highest BCUT2D eigenvalue weighted by Crippen LogP contribution is 2.32. The van der Waals surface area contributed by atoms with Gasteiger partial charge in [-0.05, 0) is 63.8 Å². The van der Waals surface area contributed by atoms with Crippen LogP contribution in [0.3, 0.4) is 0 Å². The summed E-state index contributed by atoms with van der Waals surface area (Å²) < 4.78 is 9.63. The lowest BCUT2D eigenvalue weighted by Crippen LogP contribution is -2.55.